The molecular weight excluding hydrogens is 272 g/mol. The predicted molar refractivity (Wildman–Crippen MR) is 74.4 cm³/mol. The zero-order valence-corrected chi connectivity index (χ0v) is 12.3. The molecule has 102 valence electrons. The van der Waals surface area contributed by atoms with Gasteiger partial charge in [0.15, 0.2) is 0 Å². The molecule has 0 radical (unpaired) electrons. The fraction of sp³-hybridized carbons (Fsp3) is 0.500. The molecule has 6 heteroatoms. The van der Waals surface area contributed by atoms with Crippen LogP contribution >= 0.6 is 11.6 Å². The number of sulfonamides is 1. The van der Waals surface area contributed by atoms with Crippen LogP contribution in [0.2, 0.25) is 0 Å². The number of nitrogens with one attached hydrogen (secondary N) is 1. The van der Waals surface area contributed by atoms with E-state index in [2.05, 4.69) is 5.32 Å². The van der Waals surface area contributed by atoms with Crippen molar-refractivity contribution >= 4 is 21.6 Å². The molecular formula is C12H19ClN2O2S. The van der Waals surface area contributed by atoms with E-state index in [4.69, 9.17) is 11.6 Å². The summed E-state index contributed by atoms with van der Waals surface area (Å²) in [6.07, 6.45) is 0.784. The first kappa shape index (κ1) is 15.4. The fourth-order valence-electron chi connectivity index (χ4n) is 1.53. The second-order valence-electron chi connectivity index (χ2n) is 4.06. The lowest BCUT2D eigenvalue weighted by Crippen LogP contribution is -2.29. The van der Waals surface area contributed by atoms with Crippen LogP contribution in [0.3, 0.4) is 0 Å². The van der Waals surface area contributed by atoms with E-state index in [0.717, 1.165) is 18.5 Å². The highest BCUT2D eigenvalue weighted by Crippen LogP contribution is 2.16. The van der Waals surface area contributed by atoms with Gasteiger partial charge in [-0.05, 0) is 37.7 Å². The van der Waals surface area contributed by atoms with E-state index in [0.29, 0.717) is 17.3 Å². The summed E-state index contributed by atoms with van der Waals surface area (Å²) in [6.45, 7) is 1.30. The van der Waals surface area contributed by atoms with Crippen LogP contribution in [0.25, 0.3) is 0 Å². The van der Waals surface area contributed by atoms with Crippen LogP contribution in [-0.2, 0) is 15.9 Å². The van der Waals surface area contributed by atoms with Crippen molar-refractivity contribution in [2.45, 2.75) is 17.2 Å². The Bertz CT molecular complexity index is 459. The monoisotopic (exact) mass is 290 g/mol. The van der Waals surface area contributed by atoms with Crippen molar-refractivity contribution < 1.29 is 8.42 Å². The standard InChI is InChI=1S/C12H19ClN2O2S/c1-14-8-3-9-15(2)18(16,17)12-6-4-11(10-13)5-7-12/h4-7,14H,3,8-10H2,1-2H3. The summed E-state index contributed by atoms with van der Waals surface area (Å²) < 4.78 is 25.8. The van der Waals surface area contributed by atoms with Crippen LogP contribution in [0, 0.1) is 0 Å². The maximum absolute atomic E-state index is 12.2. The quantitative estimate of drug-likeness (QED) is 0.614. The van der Waals surface area contributed by atoms with Crippen molar-refractivity contribution in [1.82, 2.24) is 9.62 Å². The normalized spacial score (nSPS) is 12.0. The lowest BCUT2D eigenvalue weighted by molar-refractivity contribution is 0.458. The number of hydrogen-bond acceptors (Lipinski definition) is 3. The summed E-state index contributed by atoms with van der Waals surface area (Å²) in [5, 5.41) is 2.99. The first-order valence-electron chi connectivity index (χ1n) is 5.78. The Morgan fingerprint density at radius 3 is 2.39 bits per heavy atom. The molecule has 18 heavy (non-hydrogen) atoms. The van der Waals surface area contributed by atoms with Gasteiger partial charge in [0, 0.05) is 19.5 Å². The molecule has 0 saturated carbocycles. The Hall–Kier alpha value is -0.620. The maximum atomic E-state index is 12.2. The smallest absolute Gasteiger partial charge is 0.242 e. The van der Waals surface area contributed by atoms with E-state index >= 15 is 0 Å². The van der Waals surface area contributed by atoms with E-state index in [1.54, 1.807) is 31.3 Å². The Morgan fingerprint density at radius 1 is 1.28 bits per heavy atom. The van der Waals surface area contributed by atoms with Gasteiger partial charge in [0.2, 0.25) is 10.0 Å². The lowest BCUT2D eigenvalue weighted by Gasteiger charge is -2.17. The third-order valence-corrected chi connectivity index (χ3v) is 4.87. The second kappa shape index (κ2) is 7.09. The Balaban J connectivity index is 2.77. The number of hydrogen-bond donors (Lipinski definition) is 1. The molecule has 0 unspecified atom stereocenters. The third-order valence-electron chi connectivity index (χ3n) is 2.69. The van der Waals surface area contributed by atoms with Gasteiger partial charge in [-0.2, -0.15) is 0 Å². The number of halogens is 1. The maximum Gasteiger partial charge on any atom is 0.242 e. The van der Waals surface area contributed by atoms with Crippen LogP contribution in [0.1, 0.15) is 12.0 Å². The molecule has 1 aromatic carbocycles. The van der Waals surface area contributed by atoms with Crippen molar-refractivity contribution in [2.24, 2.45) is 0 Å². The average molecular weight is 291 g/mol. The minimum atomic E-state index is -3.38. The topological polar surface area (TPSA) is 49.4 Å². The summed E-state index contributed by atoms with van der Waals surface area (Å²) in [6, 6.07) is 6.67. The van der Waals surface area contributed by atoms with E-state index in [-0.39, 0.29) is 0 Å². The van der Waals surface area contributed by atoms with Crippen molar-refractivity contribution in [3.63, 3.8) is 0 Å². The molecule has 0 amide bonds. The first-order valence-corrected chi connectivity index (χ1v) is 7.75. The molecule has 1 aromatic rings. The van der Waals surface area contributed by atoms with Crippen LogP contribution in [0.4, 0.5) is 0 Å². The largest absolute Gasteiger partial charge is 0.320 e. The SMILES string of the molecule is CNCCCN(C)S(=O)(=O)c1ccc(CCl)cc1. The van der Waals surface area contributed by atoms with Gasteiger partial charge in [0.25, 0.3) is 0 Å². The first-order chi connectivity index (χ1) is 8.52. The molecule has 0 aliphatic carbocycles. The molecule has 0 saturated heterocycles. The molecule has 4 nitrogen and oxygen atoms in total. The molecule has 0 aliphatic heterocycles. The second-order valence-corrected chi connectivity index (χ2v) is 6.37. The van der Waals surface area contributed by atoms with Gasteiger partial charge in [0.05, 0.1) is 4.90 Å². The van der Waals surface area contributed by atoms with Gasteiger partial charge >= 0.3 is 0 Å². The van der Waals surface area contributed by atoms with Gasteiger partial charge in [-0.25, -0.2) is 12.7 Å². The summed E-state index contributed by atoms with van der Waals surface area (Å²) in [5.41, 5.74) is 0.911. The summed E-state index contributed by atoms with van der Waals surface area (Å²) in [7, 11) is 0.0623. The summed E-state index contributed by atoms with van der Waals surface area (Å²) in [4.78, 5) is 0.309. The van der Waals surface area contributed by atoms with Crippen molar-refractivity contribution in [2.75, 3.05) is 27.2 Å². The van der Waals surface area contributed by atoms with Crippen molar-refractivity contribution in [1.29, 1.82) is 0 Å². The Labute approximate surface area is 114 Å². The van der Waals surface area contributed by atoms with Gasteiger partial charge in [-0.15, -0.1) is 11.6 Å². The Morgan fingerprint density at radius 2 is 1.89 bits per heavy atom. The summed E-state index contributed by atoms with van der Waals surface area (Å²) in [5.74, 6) is 0.387. The minimum Gasteiger partial charge on any atom is -0.320 e. The van der Waals surface area contributed by atoms with Crippen LogP contribution in [0.5, 0.6) is 0 Å². The van der Waals surface area contributed by atoms with Crippen molar-refractivity contribution in [3.05, 3.63) is 29.8 Å². The number of benzene rings is 1. The third kappa shape index (κ3) is 3.95. The van der Waals surface area contributed by atoms with Crippen LogP contribution < -0.4 is 5.32 Å². The molecule has 0 fully saturated rings. The number of alkyl halides is 1. The van der Waals surface area contributed by atoms with Gasteiger partial charge in [0.1, 0.15) is 0 Å². The van der Waals surface area contributed by atoms with Crippen LogP contribution in [-0.4, -0.2) is 39.9 Å². The predicted octanol–water partition coefficient (Wildman–Crippen LogP) is 1.66. The minimum absolute atomic E-state index is 0.309. The zero-order chi connectivity index (χ0) is 13.6. The van der Waals surface area contributed by atoms with E-state index in [1.165, 1.54) is 4.31 Å². The molecule has 1 N–H and O–H groups in total. The van der Waals surface area contributed by atoms with E-state index < -0.39 is 10.0 Å². The zero-order valence-electron chi connectivity index (χ0n) is 10.7. The average Bonchev–Trinajstić information content (AvgIpc) is 2.39. The number of nitrogens with zero attached hydrogens (tertiary/aromatic N) is 1. The summed E-state index contributed by atoms with van der Waals surface area (Å²) >= 11 is 5.67. The molecule has 0 heterocycles. The highest BCUT2D eigenvalue weighted by atomic mass is 35.5. The van der Waals surface area contributed by atoms with Gasteiger partial charge in [-0.3, -0.25) is 0 Å². The van der Waals surface area contributed by atoms with Crippen molar-refractivity contribution in [3.8, 4) is 0 Å². The molecule has 1 rings (SSSR count). The highest BCUT2D eigenvalue weighted by Gasteiger charge is 2.19. The molecule has 0 atom stereocenters. The molecule has 0 aromatic heterocycles. The highest BCUT2D eigenvalue weighted by molar-refractivity contribution is 7.89. The van der Waals surface area contributed by atoms with E-state index in [9.17, 15) is 8.42 Å². The van der Waals surface area contributed by atoms with Crippen LogP contribution in [0.15, 0.2) is 29.2 Å². The molecule has 0 bridgehead atoms. The fourth-order valence-corrected chi connectivity index (χ4v) is 2.92. The molecule has 0 aliphatic rings. The molecule has 0 spiro atoms. The Kier molecular flexibility index (Phi) is 6.08. The number of rotatable bonds is 7. The lowest BCUT2D eigenvalue weighted by atomic mass is 10.2. The van der Waals surface area contributed by atoms with E-state index in [1.807, 2.05) is 7.05 Å². The van der Waals surface area contributed by atoms with Gasteiger partial charge in [-0.1, -0.05) is 12.1 Å². The van der Waals surface area contributed by atoms with Gasteiger partial charge < -0.3 is 5.32 Å².